The molecule has 6 heteroatoms. The fourth-order valence-electron chi connectivity index (χ4n) is 0.741. The standard InChI is InChI=1S/C6H7ClN4O/c1-2(8)4-3(9)5(12)11-6(7)10-4/h8H,9H2,1H3,(H,10,11,12). The van der Waals surface area contributed by atoms with Crippen LogP contribution in [-0.2, 0) is 0 Å². The normalized spacial score (nSPS) is 9.83. The van der Waals surface area contributed by atoms with E-state index in [1.54, 1.807) is 0 Å². The Morgan fingerprint density at radius 2 is 2.33 bits per heavy atom. The number of H-pyrrole nitrogens is 1. The molecule has 12 heavy (non-hydrogen) atoms. The first-order valence-electron chi connectivity index (χ1n) is 3.13. The lowest BCUT2D eigenvalue weighted by atomic mass is 10.2. The minimum Gasteiger partial charge on any atom is -0.392 e. The number of nitrogen functional groups attached to an aromatic ring is 1. The summed E-state index contributed by atoms with van der Waals surface area (Å²) < 4.78 is 0. The van der Waals surface area contributed by atoms with Crippen molar-refractivity contribution < 1.29 is 0 Å². The summed E-state index contributed by atoms with van der Waals surface area (Å²) in [4.78, 5) is 16.9. The van der Waals surface area contributed by atoms with Gasteiger partial charge in [-0.15, -0.1) is 0 Å². The van der Waals surface area contributed by atoms with Crippen LogP contribution in [0.2, 0.25) is 5.28 Å². The summed E-state index contributed by atoms with van der Waals surface area (Å²) in [6.07, 6.45) is 0. The molecule has 0 atom stereocenters. The van der Waals surface area contributed by atoms with Gasteiger partial charge in [-0.25, -0.2) is 4.98 Å². The third-order valence-corrected chi connectivity index (χ3v) is 1.46. The molecule has 0 saturated heterocycles. The van der Waals surface area contributed by atoms with Crippen LogP contribution in [0.25, 0.3) is 0 Å². The minimum atomic E-state index is -0.517. The van der Waals surface area contributed by atoms with Crippen LogP contribution in [-0.4, -0.2) is 15.7 Å². The van der Waals surface area contributed by atoms with Gasteiger partial charge in [0.1, 0.15) is 11.4 Å². The van der Waals surface area contributed by atoms with Crippen molar-refractivity contribution in [3.8, 4) is 0 Å². The van der Waals surface area contributed by atoms with Crippen LogP contribution in [0.4, 0.5) is 5.69 Å². The second-order valence-corrected chi connectivity index (χ2v) is 2.60. The molecular weight excluding hydrogens is 180 g/mol. The van der Waals surface area contributed by atoms with Crippen molar-refractivity contribution in [1.82, 2.24) is 9.97 Å². The zero-order valence-corrected chi connectivity index (χ0v) is 7.07. The molecule has 0 aliphatic heterocycles. The molecule has 0 unspecified atom stereocenters. The maximum atomic E-state index is 11.0. The van der Waals surface area contributed by atoms with Crippen LogP contribution in [0.1, 0.15) is 12.6 Å². The molecule has 5 nitrogen and oxygen atoms in total. The Morgan fingerprint density at radius 1 is 1.75 bits per heavy atom. The molecule has 0 amide bonds. The smallest absolute Gasteiger partial charge is 0.275 e. The number of hydrogen-bond acceptors (Lipinski definition) is 4. The Hall–Kier alpha value is -1.36. The summed E-state index contributed by atoms with van der Waals surface area (Å²) in [6, 6.07) is 0. The van der Waals surface area contributed by atoms with Gasteiger partial charge in [0.15, 0.2) is 0 Å². The maximum Gasteiger partial charge on any atom is 0.275 e. The van der Waals surface area contributed by atoms with E-state index in [1.165, 1.54) is 6.92 Å². The van der Waals surface area contributed by atoms with Crippen LogP contribution in [0.15, 0.2) is 4.79 Å². The molecule has 4 N–H and O–H groups in total. The van der Waals surface area contributed by atoms with Crippen molar-refractivity contribution >= 4 is 23.0 Å². The molecule has 0 aromatic carbocycles. The lowest BCUT2D eigenvalue weighted by molar-refractivity contribution is 1.11. The molecule has 1 aromatic heterocycles. The monoisotopic (exact) mass is 186 g/mol. The number of nitrogens with zero attached hydrogens (tertiary/aromatic N) is 1. The van der Waals surface area contributed by atoms with Crippen molar-refractivity contribution in [1.29, 1.82) is 5.41 Å². The average molecular weight is 187 g/mol. The first kappa shape index (κ1) is 8.73. The van der Waals surface area contributed by atoms with Gasteiger partial charge in [-0.2, -0.15) is 0 Å². The highest BCUT2D eigenvalue weighted by atomic mass is 35.5. The van der Waals surface area contributed by atoms with Crippen molar-refractivity contribution in [2.75, 3.05) is 5.73 Å². The highest BCUT2D eigenvalue weighted by Crippen LogP contribution is 2.05. The van der Waals surface area contributed by atoms with E-state index in [4.69, 9.17) is 22.7 Å². The quantitative estimate of drug-likeness (QED) is 0.437. The molecule has 0 spiro atoms. The van der Waals surface area contributed by atoms with E-state index >= 15 is 0 Å². The molecule has 64 valence electrons. The van der Waals surface area contributed by atoms with Crippen LogP contribution in [0.5, 0.6) is 0 Å². The predicted octanol–water partition coefficient (Wildman–Crippen LogP) is 0.393. The molecule has 1 heterocycles. The lowest BCUT2D eigenvalue weighted by Crippen LogP contribution is -2.18. The zero-order valence-electron chi connectivity index (χ0n) is 6.31. The highest BCUT2D eigenvalue weighted by molar-refractivity contribution is 6.28. The van der Waals surface area contributed by atoms with Gasteiger partial charge in [0, 0.05) is 0 Å². The third kappa shape index (κ3) is 1.45. The topological polar surface area (TPSA) is 95.6 Å². The summed E-state index contributed by atoms with van der Waals surface area (Å²) in [5.41, 5.74) is 4.99. The Kier molecular flexibility index (Phi) is 2.14. The summed E-state index contributed by atoms with van der Waals surface area (Å²) >= 11 is 5.45. The number of nitrogens with two attached hydrogens (primary N) is 1. The Balaban J connectivity index is 3.48. The number of hydrogen-bond donors (Lipinski definition) is 3. The van der Waals surface area contributed by atoms with Gasteiger partial charge < -0.3 is 11.1 Å². The van der Waals surface area contributed by atoms with Crippen LogP contribution in [0, 0.1) is 5.41 Å². The summed E-state index contributed by atoms with van der Waals surface area (Å²) in [5, 5.41) is 7.16. The Morgan fingerprint density at radius 3 is 2.83 bits per heavy atom. The minimum absolute atomic E-state index is 0.0594. The van der Waals surface area contributed by atoms with E-state index < -0.39 is 5.56 Å². The Labute approximate surface area is 73.1 Å². The van der Waals surface area contributed by atoms with Crippen molar-refractivity contribution in [2.24, 2.45) is 0 Å². The number of nitrogens with one attached hydrogen (secondary N) is 2. The number of rotatable bonds is 1. The predicted molar refractivity (Wildman–Crippen MR) is 46.8 cm³/mol. The third-order valence-electron chi connectivity index (χ3n) is 1.28. The van der Waals surface area contributed by atoms with E-state index in [1.807, 2.05) is 0 Å². The molecule has 1 rings (SSSR count). The number of anilines is 1. The fourth-order valence-corrected chi connectivity index (χ4v) is 0.911. The van der Waals surface area contributed by atoms with Gasteiger partial charge in [-0.05, 0) is 18.5 Å². The van der Waals surface area contributed by atoms with Crippen LogP contribution >= 0.6 is 11.6 Å². The van der Waals surface area contributed by atoms with E-state index in [0.717, 1.165) is 0 Å². The second-order valence-electron chi connectivity index (χ2n) is 2.24. The molecule has 0 fully saturated rings. The largest absolute Gasteiger partial charge is 0.392 e. The van der Waals surface area contributed by atoms with E-state index in [2.05, 4.69) is 9.97 Å². The van der Waals surface area contributed by atoms with Gasteiger partial charge in [0.25, 0.3) is 5.56 Å². The van der Waals surface area contributed by atoms with E-state index in [-0.39, 0.29) is 22.4 Å². The lowest BCUT2D eigenvalue weighted by Gasteiger charge is -2.00. The average Bonchev–Trinajstić information content (AvgIpc) is 1.96. The first-order valence-corrected chi connectivity index (χ1v) is 3.51. The van der Waals surface area contributed by atoms with E-state index in [0.29, 0.717) is 0 Å². The first-order chi connectivity index (χ1) is 5.52. The van der Waals surface area contributed by atoms with Gasteiger partial charge in [-0.3, -0.25) is 9.78 Å². The molecule has 1 aromatic rings. The van der Waals surface area contributed by atoms with Gasteiger partial charge >= 0.3 is 0 Å². The number of halogens is 1. The molecule has 0 saturated carbocycles. The highest BCUT2D eigenvalue weighted by Gasteiger charge is 2.08. The Bertz CT molecular complexity index is 384. The summed E-state index contributed by atoms with van der Waals surface area (Å²) in [6.45, 7) is 1.48. The zero-order chi connectivity index (χ0) is 9.30. The molecule has 0 aliphatic carbocycles. The maximum absolute atomic E-state index is 11.0. The van der Waals surface area contributed by atoms with Gasteiger partial charge in [0.2, 0.25) is 5.28 Å². The number of aromatic amines is 1. The fraction of sp³-hybridized carbons (Fsp3) is 0.167. The SMILES string of the molecule is CC(=N)c1nc(Cl)[nH]c(=O)c1N. The second kappa shape index (κ2) is 2.94. The van der Waals surface area contributed by atoms with Crippen LogP contribution < -0.4 is 11.3 Å². The van der Waals surface area contributed by atoms with Crippen LogP contribution in [0.3, 0.4) is 0 Å². The molecule has 0 bridgehead atoms. The van der Waals surface area contributed by atoms with Crippen molar-refractivity contribution in [2.45, 2.75) is 6.92 Å². The molecule has 0 aliphatic rings. The summed E-state index contributed by atoms with van der Waals surface area (Å²) in [7, 11) is 0. The van der Waals surface area contributed by atoms with E-state index in [9.17, 15) is 4.79 Å². The van der Waals surface area contributed by atoms with Crippen molar-refractivity contribution in [3.63, 3.8) is 0 Å². The summed E-state index contributed by atoms with van der Waals surface area (Å²) in [5.74, 6) is 0. The van der Waals surface area contributed by atoms with Gasteiger partial charge in [-0.1, -0.05) is 0 Å². The number of aromatic nitrogens is 2. The van der Waals surface area contributed by atoms with Gasteiger partial charge in [0.05, 0.1) is 5.71 Å². The molecular formula is C6H7ClN4O. The van der Waals surface area contributed by atoms with Crippen molar-refractivity contribution in [3.05, 3.63) is 21.3 Å². The molecule has 0 radical (unpaired) electrons.